The van der Waals surface area contributed by atoms with Crippen LogP contribution in [0.2, 0.25) is 0 Å². The summed E-state index contributed by atoms with van der Waals surface area (Å²) in [5.41, 5.74) is 1.61. The summed E-state index contributed by atoms with van der Waals surface area (Å²) in [5.74, 6) is 0.734. The predicted molar refractivity (Wildman–Crippen MR) is 80.4 cm³/mol. The van der Waals surface area contributed by atoms with Gasteiger partial charge in [0.2, 0.25) is 0 Å². The Labute approximate surface area is 115 Å². The molecule has 0 saturated heterocycles. The van der Waals surface area contributed by atoms with E-state index in [1.54, 1.807) is 10.4 Å². The summed E-state index contributed by atoms with van der Waals surface area (Å²) in [7, 11) is 0. The maximum atomic E-state index is 3.61. The first-order chi connectivity index (χ1) is 8.65. The van der Waals surface area contributed by atoms with Crippen molar-refractivity contribution in [2.24, 2.45) is 5.92 Å². The Morgan fingerprint density at radius 2 is 2.06 bits per heavy atom. The first-order valence-corrected chi connectivity index (χ1v) is 8.01. The lowest BCUT2D eigenvalue weighted by molar-refractivity contribution is 0.473. The van der Waals surface area contributed by atoms with E-state index in [1.807, 2.05) is 11.3 Å². The van der Waals surface area contributed by atoms with Crippen LogP contribution in [-0.4, -0.2) is 19.1 Å². The lowest BCUT2D eigenvalue weighted by Gasteiger charge is -2.15. The van der Waals surface area contributed by atoms with Crippen LogP contribution in [0.15, 0.2) is 6.07 Å². The quantitative estimate of drug-likeness (QED) is 0.793. The zero-order chi connectivity index (χ0) is 13.0. The average Bonchev–Trinajstić information content (AvgIpc) is 2.85. The summed E-state index contributed by atoms with van der Waals surface area (Å²) < 4.78 is 0. The molecule has 0 fully saturated rings. The van der Waals surface area contributed by atoms with Crippen LogP contribution in [0.4, 0.5) is 0 Å². The van der Waals surface area contributed by atoms with Gasteiger partial charge in [-0.1, -0.05) is 13.8 Å². The van der Waals surface area contributed by atoms with Gasteiger partial charge in [0.25, 0.3) is 0 Å². The fraction of sp³-hybridized carbons (Fsp3) is 0.733. The summed E-state index contributed by atoms with van der Waals surface area (Å²) >= 11 is 2.01. The molecule has 0 aromatic carbocycles. The lowest BCUT2D eigenvalue weighted by atomic mass is 10.2. The molecule has 0 saturated carbocycles. The van der Waals surface area contributed by atoms with E-state index in [1.165, 1.54) is 24.1 Å². The van der Waals surface area contributed by atoms with Crippen molar-refractivity contribution in [1.29, 1.82) is 0 Å². The summed E-state index contributed by atoms with van der Waals surface area (Å²) in [6.45, 7) is 9.95. The van der Waals surface area contributed by atoms with Crippen LogP contribution < -0.4 is 10.6 Å². The second-order valence-corrected chi connectivity index (χ2v) is 7.07. The van der Waals surface area contributed by atoms with E-state index in [4.69, 9.17) is 0 Å². The Balaban J connectivity index is 1.67. The third-order valence-corrected chi connectivity index (χ3v) is 4.66. The molecule has 3 heteroatoms. The van der Waals surface area contributed by atoms with Gasteiger partial charge in [0.1, 0.15) is 0 Å². The molecule has 18 heavy (non-hydrogen) atoms. The zero-order valence-corrected chi connectivity index (χ0v) is 12.7. The Bertz CT molecular complexity index is 349. The van der Waals surface area contributed by atoms with Gasteiger partial charge >= 0.3 is 0 Å². The second kappa shape index (κ2) is 6.69. The Hall–Kier alpha value is -0.380. The third kappa shape index (κ3) is 4.08. The Morgan fingerprint density at radius 3 is 2.78 bits per heavy atom. The number of hydrogen-bond donors (Lipinski definition) is 2. The number of thiophene rings is 1. The van der Waals surface area contributed by atoms with E-state index in [9.17, 15) is 0 Å². The fourth-order valence-electron chi connectivity index (χ4n) is 2.41. The van der Waals surface area contributed by atoms with Gasteiger partial charge in [-0.25, -0.2) is 0 Å². The van der Waals surface area contributed by atoms with Crippen molar-refractivity contribution < 1.29 is 0 Å². The van der Waals surface area contributed by atoms with Gasteiger partial charge in [-0.05, 0) is 50.3 Å². The van der Waals surface area contributed by atoms with Gasteiger partial charge in [-0.15, -0.1) is 11.3 Å². The molecule has 1 aliphatic rings. The van der Waals surface area contributed by atoms with Crippen LogP contribution in [-0.2, 0) is 19.4 Å². The van der Waals surface area contributed by atoms with E-state index in [2.05, 4.69) is 37.5 Å². The molecule has 2 N–H and O–H groups in total. The molecule has 2 nitrogen and oxygen atoms in total. The fourth-order valence-corrected chi connectivity index (χ4v) is 3.62. The van der Waals surface area contributed by atoms with Crippen molar-refractivity contribution in [2.45, 2.75) is 52.6 Å². The highest BCUT2D eigenvalue weighted by Crippen LogP contribution is 2.30. The molecular formula is C15H26N2S. The molecule has 0 spiro atoms. The van der Waals surface area contributed by atoms with E-state index in [0.29, 0.717) is 6.04 Å². The van der Waals surface area contributed by atoms with Crippen molar-refractivity contribution in [3.8, 4) is 0 Å². The summed E-state index contributed by atoms with van der Waals surface area (Å²) in [6.07, 6.45) is 3.98. The summed E-state index contributed by atoms with van der Waals surface area (Å²) in [4.78, 5) is 3.15. The normalized spacial score (nSPS) is 16.2. The Kier molecular flexibility index (Phi) is 5.22. The predicted octanol–water partition coefficient (Wildman–Crippen LogP) is 2.96. The van der Waals surface area contributed by atoms with E-state index >= 15 is 0 Å². The van der Waals surface area contributed by atoms with Crippen molar-refractivity contribution in [3.63, 3.8) is 0 Å². The summed E-state index contributed by atoms with van der Waals surface area (Å²) in [5, 5.41) is 7.11. The molecule has 102 valence electrons. The minimum absolute atomic E-state index is 0.542. The average molecular weight is 266 g/mol. The van der Waals surface area contributed by atoms with Crippen LogP contribution in [0.3, 0.4) is 0 Å². The number of fused-ring (bicyclic) bond motifs is 1. The third-order valence-electron chi connectivity index (χ3n) is 3.43. The maximum absolute atomic E-state index is 3.61. The van der Waals surface area contributed by atoms with Crippen molar-refractivity contribution in [3.05, 3.63) is 21.4 Å². The molecule has 0 radical (unpaired) electrons. The standard InChI is InChI=1S/C15H26N2S/c1-11(2)8-16-9-12(3)17-10-14-7-13-5-4-6-15(13)18-14/h7,11-12,16-17H,4-6,8-10H2,1-3H3. The molecule has 0 aliphatic heterocycles. The van der Waals surface area contributed by atoms with Crippen molar-refractivity contribution >= 4 is 11.3 Å². The van der Waals surface area contributed by atoms with Gasteiger partial charge in [-0.3, -0.25) is 0 Å². The molecule has 0 amide bonds. The zero-order valence-electron chi connectivity index (χ0n) is 11.9. The van der Waals surface area contributed by atoms with Gasteiger partial charge in [0.15, 0.2) is 0 Å². The van der Waals surface area contributed by atoms with Crippen molar-refractivity contribution in [2.75, 3.05) is 13.1 Å². The van der Waals surface area contributed by atoms with Crippen LogP contribution in [0.5, 0.6) is 0 Å². The molecule has 1 heterocycles. The minimum Gasteiger partial charge on any atom is -0.315 e. The first-order valence-electron chi connectivity index (χ1n) is 7.19. The number of hydrogen-bond acceptors (Lipinski definition) is 3. The molecule has 1 atom stereocenters. The highest BCUT2D eigenvalue weighted by atomic mass is 32.1. The van der Waals surface area contributed by atoms with Gasteiger partial charge < -0.3 is 10.6 Å². The first kappa shape index (κ1) is 14.0. The van der Waals surface area contributed by atoms with Gasteiger partial charge in [-0.2, -0.15) is 0 Å². The molecule has 1 aromatic rings. The number of rotatable bonds is 7. The number of nitrogens with one attached hydrogen (secondary N) is 2. The van der Waals surface area contributed by atoms with Gasteiger partial charge in [0.05, 0.1) is 0 Å². The maximum Gasteiger partial charge on any atom is 0.0302 e. The van der Waals surface area contributed by atoms with Crippen LogP contribution in [0.1, 0.15) is 42.5 Å². The molecule has 1 unspecified atom stereocenters. The topological polar surface area (TPSA) is 24.1 Å². The minimum atomic E-state index is 0.542. The second-order valence-electron chi connectivity index (χ2n) is 5.85. The molecular weight excluding hydrogens is 240 g/mol. The van der Waals surface area contributed by atoms with Crippen LogP contribution in [0.25, 0.3) is 0 Å². The molecule has 2 rings (SSSR count). The Morgan fingerprint density at radius 1 is 1.22 bits per heavy atom. The molecule has 1 aliphatic carbocycles. The highest BCUT2D eigenvalue weighted by molar-refractivity contribution is 7.12. The SMILES string of the molecule is CC(C)CNCC(C)NCc1cc2c(s1)CCC2. The monoisotopic (exact) mass is 266 g/mol. The van der Waals surface area contributed by atoms with E-state index in [-0.39, 0.29) is 0 Å². The van der Waals surface area contributed by atoms with Gasteiger partial charge in [0, 0.05) is 28.9 Å². The lowest BCUT2D eigenvalue weighted by Crippen LogP contribution is -2.37. The van der Waals surface area contributed by atoms with Crippen molar-refractivity contribution in [1.82, 2.24) is 10.6 Å². The molecule has 0 bridgehead atoms. The molecule has 1 aromatic heterocycles. The van der Waals surface area contributed by atoms with E-state index in [0.717, 1.165) is 25.6 Å². The number of aryl methyl sites for hydroxylation is 2. The van der Waals surface area contributed by atoms with Crippen LogP contribution >= 0.6 is 11.3 Å². The summed E-state index contributed by atoms with van der Waals surface area (Å²) in [6, 6.07) is 2.95. The highest BCUT2D eigenvalue weighted by Gasteiger charge is 2.14. The largest absolute Gasteiger partial charge is 0.315 e. The van der Waals surface area contributed by atoms with E-state index < -0.39 is 0 Å². The van der Waals surface area contributed by atoms with Crippen LogP contribution in [0, 0.1) is 5.92 Å². The smallest absolute Gasteiger partial charge is 0.0302 e.